The van der Waals surface area contributed by atoms with Crippen molar-refractivity contribution in [2.24, 2.45) is 11.8 Å². The normalized spacial score (nSPS) is 23.6. The summed E-state index contributed by atoms with van der Waals surface area (Å²) in [5.41, 5.74) is 0.877. The lowest BCUT2D eigenvalue weighted by atomic mass is 9.84. The Balaban J connectivity index is 1.43. The van der Waals surface area contributed by atoms with Gasteiger partial charge in [-0.2, -0.15) is 0 Å². The Morgan fingerprint density at radius 2 is 2.04 bits per heavy atom. The standard InChI is InChI=1S/C18H24N4O2S/c23-10-8-11-1-5-13(6-2-11)20-18-21-14-7-9-19-16(15(14)25-18)22-17(24)12-3-4-12/h7,9,11-13,23H,1-6,8,10H2,(H,20,21)(H,19,22,24). The lowest BCUT2D eigenvalue weighted by Gasteiger charge is -2.28. The van der Waals surface area contributed by atoms with Crippen molar-refractivity contribution in [3.05, 3.63) is 12.3 Å². The molecule has 4 rings (SSSR count). The summed E-state index contributed by atoms with van der Waals surface area (Å²) >= 11 is 1.56. The summed E-state index contributed by atoms with van der Waals surface area (Å²) in [6, 6.07) is 2.33. The molecule has 0 aromatic carbocycles. The molecular formula is C18H24N4O2S. The number of aliphatic hydroxyl groups excluding tert-OH is 1. The van der Waals surface area contributed by atoms with Crippen molar-refractivity contribution in [2.75, 3.05) is 17.2 Å². The van der Waals surface area contributed by atoms with Crippen molar-refractivity contribution in [3.63, 3.8) is 0 Å². The molecule has 25 heavy (non-hydrogen) atoms. The maximum absolute atomic E-state index is 12.0. The van der Waals surface area contributed by atoms with Gasteiger partial charge in [-0.1, -0.05) is 11.3 Å². The van der Waals surface area contributed by atoms with Gasteiger partial charge in [0.05, 0.1) is 10.2 Å². The zero-order valence-corrected chi connectivity index (χ0v) is 15.0. The van der Waals surface area contributed by atoms with E-state index in [1.165, 1.54) is 0 Å². The maximum Gasteiger partial charge on any atom is 0.228 e. The van der Waals surface area contributed by atoms with E-state index in [-0.39, 0.29) is 11.8 Å². The Hall–Kier alpha value is -1.73. The minimum Gasteiger partial charge on any atom is -0.396 e. The second kappa shape index (κ2) is 7.25. The van der Waals surface area contributed by atoms with Gasteiger partial charge in [-0.15, -0.1) is 0 Å². The third-order valence-electron chi connectivity index (χ3n) is 5.21. The van der Waals surface area contributed by atoms with Gasteiger partial charge in [-0.3, -0.25) is 4.79 Å². The van der Waals surface area contributed by atoms with Crippen molar-refractivity contribution in [3.8, 4) is 0 Å². The van der Waals surface area contributed by atoms with Crippen molar-refractivity contribution >= 4 is 38.4 Å². The molecule has 2 fully saturated rings. The molecule has 0 unspecified atom stereocenters. The number of hydrogen-bond donors (Lipinski definition) is 3. The first-order valence-electron chi connectivity index (χ1n) is 9.16. The molecule has 134 valence electrons. The van der Waals surface area contributed by atoms with Gasteiger partial charge in [-0.05, 0) is 56.9 Å². The molecule has 2 saturated carbocycles. The number of amides is 1. The number of fused-ring (bicyclic) bond motifs is 1. The number of nitrogens with one attached hydrogen (secondary N) is 2. The molecule has 2 heterocycles. The molecule has 7 heteroatoms. The maximum atomic E-state index is 12.0. The number of carbonyl (C=O) groups excluding carboxylic acids is 1. The summed E-state index contributed by atoms with van der Waals surface area (Å²) in [5.74, 6) is 1.53. The van der Waals surface area contributed by atoms with Gasteiger partial charge >= 0.3 is 0 Å². The third-order valence-corrected chi connectivity index (χ3v) is 6.22. The van der Waals surface area contributed by atoms with E-state index in [1.54, 1.807) is 17.5 Å². The fourth-order valence-electron chi connectivity index (χ4n) is 3.52. The monoisotopic (exact) mass is 360 g/mol. The summed E-state index contributed by atoms with van der Waals surface area (Å²) in [6.07, 6.45) is 9.14. The first kappa shape index (κ1) is 16.7. The number of rotatable bonds is 6. The van der Waals surface area contributed by atoms with Gasteiger partial charge in [0, 0.05) is 24.8 Å². The molecule has 0 bridgehead atoms. The molecule has 3 N–H and O–H groups in total. The van der Waals surface area contributed by atoms with E-state index in [2.05, 4.69) is 20.6 Å². The summed E-state index contributed by atoms with van der Waals surface area (Å²) in [6.45, 7) is 0.295. The number of aliphatic hydroxyl groups is 1. The molecule has 6 nitrogen and oxygen atoms in total. The lowest BCUT2D eigenvalue weighted by molar-refractivity contribution is -0.117. The number of aromatic nitrogens is 2. The zero-order valence-electron chi connectivity index (χ0n) is 14.2. The van der Waals surface area contributed by atoms with Crippen molar-refractivity contribution < 1.29 is 9.90 Å². The highest BCUT2D eigenvalue weighted by Crippen LogP contribution is 2.35. The van der Waals surface area contributed by atoms with Crippen LogP contribution in [-0.2, 0) is 4.79 Å². The van der Waals surface area contributed by atoms with Crippen LogP contribution < -0.4 is 10.6 Å². The smallest absolute Gasteiger partial charge is 0.228 e. The summed E-state index contributed by atoms with van der Waals surface area (Å²) in [7, 11) is 0. The lowest BCUT2D eigenvalue weighted by Crippen LogP contribution is -2.26. The van der Waals surface area contributed by atoms with Crippen molar-refractivity contribution in [1.82, 2.24) is 9.97 Å². The van der Waals surface area contributed by atoms with Gasteiger partial charge in [0.25, 0.3) is 0 Å². The molecule has 0 aliphatic heterocycles. The zero-order chi connectivity index (χ0) is 17.2. The fourth-order valence-corrected chi connectivity index (χ4v) is 4.50. The van der Waals surface area contributed by atoms with Crippen LogP contribution in [0.15, 0.2) is 12.3 Å². The Kier molecular flexibility index (Phi) is 4.85. The highest BCUT2D eigenvalue weighted by atomic mass is 32.1. The van der Waals surface area contributed by atoms with Gasteiger partial charge in [0.15, 0.2) is 10.9 Å². The van der Waals surface area contributed by atoms with Crippen LogP contribution in [-0.4, -0.2) is 33.6 Å². The Labute approximate surface area is 151 Å². The van der Waals surface area contributed by atoms with E-state index in [0.29, 0.717) is 24.4 Å². The number of pyridine rings is 1. The number of hydrogen-bond acceptors (Lipinski definition) is 6. The van der Waals surface area contributed by atoms with Crippen LogP contribution in [0.2, 0.25) is 0 Å². The molecule has 0 atom stereocenters. The van der Waals surface area contributed by atoms with E-state index in [1.807, 2.05) is 6.07 Å². The van der Waals surface area contributed by atoms with E-state index in [0.717, 1.165) is 60.3 Å². The Morgan fingerprint density at radius 3 is 2.76 bits per heavy atom. The van der Waals surface area contributed by atoms with Gasteiger partial charge in [0.2, 0.25) is 5.91 Å². The third kappa shape index (κ3) is 3.93. The molecule has 2 aromatic rings. The Bertz CT molecular complexity index is 751. The average molecular weight is 360 g/mol. The van der Waals surface area contributed by atoms with Crippen LogP contribution in [0.25, 0.3) is 10.2 Å². The van der Waals surface area contributed by atoms with E-state index < -0.39 is 0 Å². The highest BCUT2D eigenvalue weighted by Gasteiger charge is 2.30. The minimum atomic E-state index is 0.0742. The quantitative estimate of drug-likeness (QED) is 0.735. The second-order valence-corrected chi connectivity index (χ2v) is 8.16. The topological polar surface area (TPSA) is 87.1 Å². The van der Waals surface area contributed by atoms with Crippen LogP contribution >= 0.6 is 11.3 Å². The summed E-state index contributed by atoms with van der Waals surface area (Å²) < 4.78 is 0.938. The van der Waals surface area contributed by atoms with Crippen LogP contribution in [0.5, 0.6) is 0 Å². The molecule has 2 aliphatic rings. The highest BCUT2D eigenvalue weighted by molar-refractivity contribution is 7.22. The summed E-state index contributed by atoms with van der Waals surface area (Å²) in [5, 5.41) is 16.5. The summed E-state index contributed by atoms with van der Waals surface area (Å²) in [4.78, 5) is 21.0. The fraction of sp³-hybridized carbons (Fsp3) is 0.611. The van der Waals surface area contributed by atoms with E-state index >= 15 is 0 Å². The molecular weight excluding hydrogens is 336 g/mol. The SMILES string of the molecule is O=C(Nc1nccc2nc(NC3CCC(CCO)CC3)sc12)C1CC1. The van der Waals surface area contributed by atoms with E-state index in [4.69, 9.17) is 5.11 Å². The molecule has 2 aromatic heterocycles. The largest absolute Gasteiger partial charge is 0.396 e. The predicted molar refractivity (Wildman–Crippen MR) is 99.8 cm³/mol. The van der Waals surface area contributed by atoms with Gasteiger partial charge < -0.3 is 15.7 Å². The number of thiazole rings is 1. The molecule has 0 spiro atoms. The number of carbonyl (C=O) groups is 1. The number of anilines is 2. The first-order chi connectivity index (χ1) is 12.2. The molecule has 1 amide bonds. The van der Waals surface area contributed by atoms with Crippen molar-refractivity contribution in [1.29, 1.82) is 0 Å². The van der Waals surface area contributed by atoms with Gasteiger partial charge in [-0.25, -0.2) is 9.97 Å². The van der Waals surface area contributed by atoms with Crippen molar-refractivity contribution in [2.45, 2.75) is 51.0 Å². The minimum absolute atomic E-state index is 0.0742. The predicted octanol–water partition coefficient (Wildman–Crippen LogP) is 3.39. The molecule has 0 saturated heterocycles. The molecule has 0 radical (unpaired) electrons. The molecule has 2 aliphatic carbocycles. The van der Waals surface area contributed by atoms with Crippen LogP contribution in [0.3, 0.4) is 0 Å². The number of nitrogens with zero attached hydrogens (tertiary/aromatic N) is 2. The van der Waals surface area contributed by atoms with E-state index in [9.17, 15) is 4.79 Å². The van der Waals surface area contributed by atoms with Crippen LogP contribution in [0, 0.1) is 11.8 Å². The average Bonchev–Trinajstić information content (AvgIpc) is 3.38. The second-order valence-electron chi connectivity index (χ2n) is 7.16. The van der Waals surface area contributed by atoms with Gasteiger partial charge in [0.1, 0.15) is 0 Å². The Morgan fingerprint density at radius 1 is 1.24 bits per heavy atom. The van der Waals surface area contributed by atoms with Crippen LogP contribution in [0.1, 0.15) is 44.9 Å². The van der Waals surface area contributed by atoms with Crippen LogP contribution in [0.4, 0.5) is 10.9 Å². The first-order valence-corrected chi connectivity index (χ1v) is 9.98.